The van der Waals surface area contributed by atoms with Gasteiger partial charge in [-0.2, -0.15) is 0 Å². The number of likely N-dealkylation sites (N-methyl/N-ethyl adjacent to an activating group) is 1. The van der Waals surface area contributed by atoms with E-state index in [9.17, 15) is 29.4 Å². The normalized spacial score (nSPS) is 30.5. The molecule has 1 aliphatic heterocycles. The van der Waals surface area contributed by atoms with Gasteiger partial charge in [-0.05, 0) is 45.4 Å². The Kier molecular flexibility index (Phi) is 14.8. The van der Waals surface area contributed by atoms with E-state index < -0.39 is 60.5 Å². The van der Waals surface area contributed by atoms with Crippen LogP contribution in [-0.2, 0) is 28.6 Å². The zero-order valence-corrected chi connectivity index (χ0v) is 27.2. The summed E-state index contributed by atoms with van der Waals surface area (Å²) in [5, 5.41) is 27.2. The van der Waals surface area contributed by atoms with Gasteiger partial charge in [-0.3, -0.25) is 14.4 Å². The number of Topliss-reactive ketones (excluding diaryl/α,β-unsaturated/α-hetero) is 1. The molecule has 2 bridgehead atoms. The van der Waals surface area contributed by atoms with Crippen molar-refractivity contribution in [2.75, 3.05) is 48.0 Å². The third-order valence-corrected chi connectivity index (χ3v) is 7.70. The van der Waals surface area contributed by atoms with Crippen LogP contribution in [0, 0.1) is 11.8 Å². The number of amides is 2. The molecular formula is C32H48N4O9. The number of ketones is 2. The lowest BCUT2D eigenvalue weighted by Crippen LogP contribution is -2.39. The molecule has 1 heterocycles. The Morgan fingerprint density at radius 2 is 1.87 bits per heavy atom. The first-order chi connectivity index (χ1) is 21.2. The summed E-state index contributed by atoms with van der Waals surface area (Å²) in [5.41, 5.74) is 6.04. The van der Waals surface area contributed by atoms with E-state index >= 15 is 0 Å². The van der Waals surface area contributed by atoms with Crippen LogP contribution in [0.2, 0.25) is 0 Å². The van der Waals surface area contributed by atoms with E-state index in [2.05, 4.69) is 10.6 Å². The van der Waals surface area contributed by atoms with Gasteiger partial charge >= 0.3 is 6.09 Å². The van der Waals surface area contributed by atoms with Crippen molar-refractivity contribution >= 4 is 23.6 Å². The summed E-state index contributed by atoms with van der Waals surface area (Å²) in [7, 11) is 6.61. The molecule has 0 saturated heterocycles. The summed E-state index contributed by atoms with van der Waals surface area (Å²) < 4.78 is 16.5. The number of fused-ring (bicyclic) bond motifs is 2. The predicted octanol–water partition coefficient (Wildman–Crippen LogP) is 0.886. The zero-order valence-electron chi connectivity index (χ0n) is 27.2. The number of nitrogens with one attached hydrogen (secondary N) is 2. The van der Waals surface area contributed by atoms with Crippen molar-refractivity contribution < 1.29 is 43.6 Å². The van der Waals surface area contributed by atoms with E-state index in [0.29, 0.717) is 19.5 Å². The highest BCUT2D eigenvalue weighted by atomic mass is 16.6. The molecule has 6 atom stereocenters. The zero-order chi connectivity index (χ0) is 33.8. The number of nitrogens with zero attached hydrogens (tertiary/aromatic N) is 1. The molecule has 0 spiro atoms. The van der Waals surface area contributed by atoms with E-state index in [0.717, 1.165) is 6.08 Å². The maximum atomic E-state index is 13.7. The number of primary amides is 1. The SMILES string of the molecule is CO[C@H]1/C=C\C=C(/C)C(=O)NC2=CC(=O)C(NCCN(C)C)=C(C[C@@H](C)C[C@H](OC)[C@H](O)[C@@H](C)/C=C(\CO)[C@@H]1OC(N)=O)C2=O. The molecule has 0 fully saturated rings. The number of rotatable bonds is 8. The second-order valence-electron chi connectivity index (χ2n) is 11.7. The summed E-state index contributed by atoms with van der Waals surface area (Å²) in [6.07, 6.45) is 2.67. The highest BCUT2D eigenvalue weighted by Crippen LogP contribution is 2.29. The van der Waals surface area contributed by atoms with Gasteiger partial charge in [0, 0.05) is 50.4 Å². The van der Waals surface area contributed by atoms with Crippen LogP contribution in [0.5, 0.6) is 0 Å². The number of hydrogen-bond acceptors (Lipinski definition) is 11. The number of carbonyl (C=O) groups is 4. The van der Waals surface area contributed by atoms with Crippen molar-refractivity contribution in [2.24, 2.45) is 17.6 Å². The van der Waals surface area contributed by atoms with Crippen LogP contribution < -0.4 is 16.4 Å². The smallest absolute Gasteiger partial charge is 0.405 e. The van der Waals surface area contributed by atoms with Crippen LogP contribution in [0.3, 0.4) is 0 Å². The molecule has 2 rings (SSSR count). The van der Waals surface area contributed by atoms with Gasteiger partial charge in [-0.1, -0.05) is 38.2 Å². The van der Waals surface area contributed by atoms with Crippen molar-refractivity contribution in [3.8, 4) is 0 Å². The first-order valence-electron chi connectivity index (χ1n) is 14.8. The molecule has 2 aliphatic rings. The number of hydrogen-bond donors (Lipinski definition) is 5. The lowest BCUT2D eigenvalue weighted by atomic mass is 9.85. The van der Waals surface area contributed by atoms with Gasteiger partial charge in [-0.25, -0.2) is 4.79 Å². The van der Waals surface area contributed by atoms with Crippen molar-refractivity contribution in [2.45, 2.75) is 58.0 Å². The van der Waals surface area contributed by atoms with Crippen LogP contribution in [0.4, 0.5) is 4.79 Å². The van der Waals surface area contributed by atoms with Crippen LogP contribution in [0.15, 0.2) is 58.5 Å². The molecule has 1 aliphatic carbocycles. The molecule has 250 valence electrons. The molecule has 0 aromatic rings. The topological polar surface area (TPSA) is 190 Å². The third kappa shape index (κ3) is 10.8. The Labute approximate surface area is 264 Å². The molecule has 2 amide bonds. The maximum Gasteiger partial charge on any atom is 0.405 e. The lowest BCUT2D eigenvalue weighted by molar-refractivity contribution is -0.120. The highest BCUT2D eigenvalue weighted by Gasteiger charge is 2.34. The number of carbonyl (C=O) groups excluding carboxylic acids is 4. The van der Waals surface area contributed by atoms with Gasteiger partial charge in [0.05, 0.1) is 30.2 Å². The van der Waals surface area contributed by atoms with E-state index in [1.807, 2.05) is 25.9 Å². The van der Waals surface area contributed by atoms with Crippen LogP contribution in [-0.4, -0.2) is 111 Å². The van der Waals surface area contributed by atoms with Gasteiger partial charge in [0.2, 0.25) is 11.6 Å². The minimum Gasteiger partial charge on any atom is -0.439 e. The van der Waals surface area contributed by atoms with Gasteiger partial charge in [0.1, 0.15) is 6.10 Å². The number of nitrogens with two attached hydrogens (primary N) is 1. The van der Waals surface area contributed by atoms with Crippen molar-refractivity contribution in [3.05, 3.63) is 58.5 Å². The Hall–Kier alpha value is -3.62. The summed E-state index contributed by atoms with van der Waals surface area (Å²) >= 11 is 0. The second-order valence-corrected chi connectivity index (χ2v) is 11.7. The molecule has 45 heavy (non-hydrogen) atoms. The maximum absolute atomic E-state index is 13.7. The van der Waals surface area contributed by atoms with Gasteiger partial charge in [-0.15, -0.1) is 0 Å². The van der Waals surface area contributed by atoms with Crippen LogP contribution >= 0.6 is 0 Å². The summed E-state index contributed by atoms with van der Waals surface area (Å²) in [5.74, 6) is -2.35. The first kappa shape index (κ1) is 37.6. The molecule has 6 N–H and O–H groups in total. The molecule has 0 unspecified atom stereocenters. The van der Waals surface area contributed by atoms with Crippen molar-refractivity contribution in [1.82, 2.24) is 15.5 Å². The number of allylic oxidation sites excluding steroid dienone is 4. The van der Waals surface area contributed by atoms with Gasteiger partial charge < -0.3 is 45.7 Å². The molecule has 0 radical (unpaired) electrons. The minimum atomic E-state index is -1.15. The quantitative estimate of drug-likeness (QED) is 0.189. The minimum absolute atomic E-state index is 0.140. The Morgan fingerprint density at radius 3 is 2.44 bits per heavy atom. The van der Waals surface area contributed by atoms with Gasteiger partial charge in [0.25, 0.3) is 5.91 Å². The fourth-order valence-electron chi connectivity index (χ4n) is 5.18. The lowest BCUT2D eigenvalue weighted by Gasteiger charge is -2.30. The molecular weight excluding hydrogens is 584 g/mol. The molecule has 13 nitrogen and oxygen atoms in total. The largest absolute Gasteiger partial charge is 0.439 e. The molecule has 0 aromatic heterocycles. The molecule has 13 heteroatoms. The fraction of sp³-hybridized carbons (Fsp3) is 0.562. The van der Waals surface area contributed by atoms with E-state index in [1.54, 1.807) is 13.0 Å². The summed E-state index contributed by atoms with van der Waals surface area (Å²) in [6.45, 7) is 5.62. The number of aliphatic hydroxyl groups is 2. The highest BCUT2D eigenvalue weighted by molar-refractivity contribution is 6.23. The van der Waals surface area contributed by atoms with Crippen molar-refractivity contribution in [3.63, 3.8) is 0 Å². The number of aliphatic hydroxyl groups excluding tert-OH is 2. The predicted molar refractivity (Wildman–Crippen MR) is 168 cm³/mol. The summed E-state index contributed by atoms with van der Waals surface area (Å²) in [4.78, 5) is 53.7. The number of methoxy groups -OCH3 is 2. The van der Waals surface area contributed by atoms with E-state index in [-0.39, 0.29) is 40.5 Å². The Bertz CT molecular complexity index is 1250. The van der Waals surface area contributed by atoms with Crippen molar-refractivity contribution in [1.29, 1.82) is 0 Å². The van der Waals surface area contributed by atoms with E-state index in [1.165, 1.54) is 39.4 Å². The van der Waals surface area contributed by atoms with Crippen LogP contribution in [0.1, 0.15) is 33.6 Å². The summed E-state index contributed by atoms with van der Waals surface area (Å²) in [6, 6.07) is 0. The van der Waals surface area contributed by atoms with E-state index in [4.69, 9.17) is 19.9 Å². The Morgan fingerprint density at radius 1 is 1.18 bits per heavy atom. The standard InChI is InChI=1S/C32H48N4O9/c1-18-13-22-27(34-11-12-36(4)5)24(38)16-23(29(22)40)35-31(41)19(2)9-8-10-25(43-6)30(45-32(33)42)21(17-37)15-20(3)28(39)26(14-18)44-7/h8-10,15-16,18,20,25-26,28,30,34,37,39H,11-14,17H2,1-7H3,(H2,33,42)(H,35,41)/b10-8-,19-9+,21-15+/t18-,20+,25+,26+,28-,30+/m1/s1. The average Bonchev–Trinajstić information content (AvgIpc) is 2.98. The third-order valence-electron chi connectivity index (χ3n) is 7.70. The average molecular weight is 633 g/mol. The second kappa shape index (κ2) is 17.8. The first-order valence-corrected chi connectivity index (χ1v) is 14.8. The fourth-order valence-corrected chi connectivity index (χ4v) is 5.18. The number of ether oxygens (including phenoxy) is 3. The van der Waals surface area contributed by atoms with Crippen LogP contribution in [0.25, 0.3) is 0 Å². The molecule has 0 aromatic carbocycles. The van der Waals surface area contributed by atoms with Gasteiger partial charge in [0.15, 0.2) is 6.10 Å². The monoisotopic (exact) mass is 632 g/mol. The Balaban J connectivity index is 2.64. The molecule has 0 saturated carbocycles.